The Morgan fingerprint density at radius 1 is 1.20 bits per heavy atom. The Balaban J connectivity index is 1.91. The van der Waals surface area contributed by atoms with Gasteiger partial charge in [-0.15, -0.1) is 10.2 Å². The molecule has 1 unspecified atom stereocenters. The van der Waals surface area contributed by atoms with E-state index >= 15 is 0 Å². The third kappa shape index (κ3) is 4.05. The molecule has 1 atom stereocenters. The maximum atomic E-state index is 4.32. The standard InChI is InChI=1S/C15H23N5/c1-4-5-6-7-12(2)16-14-8-9-15(18-17-14)20-11-10-13(3)19-20/h8-12H,4-7H2,1-3H3,(H,16,17). The molecule has 5 nitrogen and oxygen atoms in total. The number of aromatic nitrogens is 4. The number of unbranched alkanes of at least 4 members (excludes halogenated alkanes) is 2. The van der Waals surface area contributed by atoms with Gasteiger partial charge in [-0.1, -0.05) is 26.2 Å². The number of hydrogen-bond donors (Lipinski definition) is 1. The Labute approximate surface area is 120 Å². The lowest BCUT2D eigenvalue weighted by Crippen LogP contribution is -2.16. The van der Waals surface area contributed by atoms with Crippen molar-refractivity contribution in [2.75, 3.05) is 5.32 Å². The van der Waals surface area contributed by atoms with Crippen LogP contribution in [0.2, 0.25) is 0 Å². The van der Waals surface area contributed by atoms with Gasteiger partial charge in [0.25, 0.3) is 0 Å². The smallest absolute Gasteiger partial charge is 0.175 e. The Bertz CT molecular complexity index is 517. The van der Waals surface area contributed by atoms with Crippen LogP contribution < -0.4 is 5.32 Å². The minimum atomic E-state index is 0.425. The van der Waals surface area contributed by atoms with Crippen LogP contribution in [0.5, 0.6) is 0 Å². The zero-order valence-electron chi connectivity index (χ0n) is 12.5. The van der Waals surface area contributed by atoms with Crippen molar-refractivity contribution in [1.29, 1.82) is 0 Å². The van der Waals surface area contributed by atoms with Crippen LogP contribution in [-0.2, 0) is 0 Å². The van der Waals surface area contributed by atoms with Crippen LogP contribution in [-0.4, -0.2) is 26.0 Å². The van der Waals surface area contributed by atoms with E-state index in [0.29, 0.717) is 6.04 Å². The summed E-state index contributed by atoms with van der Waals surface area (Å²) < 4.78 is 1.73. The maximum absolute atomic E-state index is 4.32. The van der Waals surface area contributed by atoms with E-state index in [4.69, 9.17) is 0 Å². The maximum Gasteiger partial charge on any atom is 0.175 e. The molecule has 0 amide bonds. The second-order valence-corrected chi connectivity index (χ2v) is 5.22. The fraction of sp³-hybridized carbons (Fsp3) is 0.533. The zero-order chi connectivity index (χ0) is 14.4. The Kier molecular flexibility index (Phi) is 5.09. The fourth-order valence-electron chi connectivity index (χ4n) is 2.09. The van der Waals surface area contributed by atoms with Gasteiger partial charge in [-0.2, -0.15) is 5.10 Å². The summed E-state index contributed by atoms with van der Waals surface area (Å²) in [5.74, 6) is 1.56. The quantitative estimate of drug-likeness (QED) is 0.786. The molecule has 0 fully saturated rings. The molecule has 0 aromatic carbocycles. The number of nitrogens with zero attached hydrogens (tertiary/aromatic N) is 4. The Morgan fingerprint density at radius 2 is 2.05 bits per heavy atom. The van der Waals surface area contributed by atoms with Crippen molar-refractivity contribution < 1.29 is 0 Å². The van der Waals surface area contributed by atoms with Gasteiger partial charge in [-0.3, -0.25) is 0 Å². The molecule has 0 bridgehead atoms. The predicted molar refractivity (Wildman–Crippen MR) is 81.1 cm³/mol. The minimum Gasteiger partial charge on any atom is -0.366 e. The van der Waals surface area contributed by atoms with Gasteiger partial charge in [0.2, 0.25) is 0 Å². The predicted octanol–water partition coefficient (Wildman–Crippen LogP) is 3.35. The van der Waals surface area contributed by atoms with Crippen LogP contribution in [0.1, 0.15) is 45.2 Å². The van der Waals surface area contributed by atoms with Gasteiger partial charge in [-0.05, 0) is 38.5 Å². The highest BCUT2D eigenvalue weighted by atomic mass is 15.3. The van der Waals surface area contributed by atoms with Crippen LogP contribution >= 0.6 is 0 Å². The van der Waals surface area contributed by atoms with Crippen LogP contribution in [0.15, 0.2) is 24.4 Å². The molecule has 2 aromatic rings. The third-order valence-electron chi connectivity index (χ3n) is 3.24. The van der Waals surface area contributed by atoms with Crippen LogP contribution in [0.4, 0.5) is 5.82 Å². The van der Waals surface area contributed by atoms with Crippen LogP contribution in [0.25, 0.3) is 5.82 Å². The first kappa shape index (κ1) is 14.5. The van der Waals surface area contributed by atoms with Gasteiger partial charge in [0, 0.05) is 12.2 Å². The summed E-state index contributed by atoms with van der Waals surface area (Å²) in [6.07, 6.45) is 6.85. The van der Waals surface area contributed by atoms with Gasteiger partial charge < -0.3 is 5.32 Å². The number of anilines is 1. The molecule has 0 spiro atoms. The number of rotatable bonds is 7. The lowest BCUT2D eigenvalue weighted by atomic mass is 10.1. The van der Waals surface area contributed by atoms with E-state index in [1.807, 2.05) is 31.3 Å². The molecular weight excluding hydrogens is 250 g/mol. The summed E-state index contributed by atoms with van der Waals surface area (Å²) in [5.41, 5.74) is 0.971. The van der Waals surface area contributed by atoms with Crippen LogP contribution in [0.3, 0.4) is 0 Å². The van der Waals surface area contributed by atoms with Gasteiger partial charge in [-0.25, -0.2) is 4.68 Å². The average molecular weight is 273 g/mol. The van der Waals surface area contributed by atoms with Crippen molar-refractivity contribution in [1.82, 2.24) is 20.0 Å². The Morgan fingerprint density at radius 3 is 2.65 bits per heavy atom. The molecule has 2 rings (SSSR count). The number of aryl methyl sites for hydroxylation is 1. The molecule has 0 aliphatic rings. The largest absolute Gasteiger partial charge is 0.366 e. The number of nitrogens with one attached hydrogen (secondary N) is 1. The topological polar surface area (TPSA) is 55.6 Å². The van der Waals surface area contributed by atoms with Crippen molar-refractivity contribution in [3.8, 4) is 5.82 Å². The lowest BCUT2D eigenvalue weighted by Gasteiger charge is -2.13. The molecule has 0 saturated heterocycles. The zero-order valence-corrected chi connectivity index (χ0v) is 12.5. The highest BCUT2D eigenvalue weighted by Gasteiger charge is 2.05. The monoisotopic (exact) mass is 273 g/mol. The van der Waals surface area contributed by atoms with Crippen molar-refractivity contribution in [2.24, 2.45) is 0 Å². The second-order valence-electron chi connectivity index (χ2n) is 5.22. The fourth-order valence-corrected chi connectivity index (χ4v) is 2.09. The molecule has 5 heteroatoms. The molecule has 2 aromatic heterocycles. The summed E-state index contributed by atoms with van der Waals surface area (Å²) in [7, 11) is 0. The molecule has 0 aliphatic heterocycles. The summed E-state index contributed by atoms with van der Waals surface area (Å²) in [6.45, 7) is 6.36. The lowest BCUT2D eigenvalue weighted by molar-refractivity contribution is 0.612. The van der Waals surface area contributed by atoms with Crippen molar-refractivity contribution in [3.05, 3.63) is 30.1 Å². The summed E-state index contributed by atoms with van der Waals surface area (Å²) in [5, 5.41) is 16.1. The molecule has 0 saturated carbocycles. The van der Waals surface area contributed by atoms with Gasteiger partial charge >= 0.3 is 0 Å². The molecular formula is C15H23N5. The van der Waals surface area contributed by atoms with Crippen molar-refractivity contribution in [2.45, 2.75) is 52.5 Å². The summed E-state index contributed by atoms with van der Waals surface area (Å²) in [4.78, 5) is 0. The molecule has 0 radical (unpaired) electrons. The summed E-state index contributed by atoms with van der Waals surface area (Å²) >= 11 is 0. The van der Waals surface area contributed by atoms with E-state index < -0.39 is 0 Å². The molecule has 2 heterocycles. The first-order chi connectivity index (χ1) is 9.69. The minimum absolute atomic E-state index is 0.425. The SMILES string of the molecule is CCCCCC(C)Nc1ccc(-n2ccc(C)n2)nn1. The first-order valence-electron chi connectivity index (χ1n) is 7.32. The number of hydrogen-bond acceptors (Lipinski definition) is 4. The van der Waals surface area contributed by atoms with E-state index in [9.17, 15) is 0 Å². The van der Waals surface area contributed by atoms with E-state index in [1.165, 1.54) is 19.3 Å². The van der Waals surface area contributed by atoms with Gasteiger partial charge in [0.05, 0.1) is 5.69 Å². The Hall–Kier alpha value is -1.91. The molecule has 108 valence electrons. The van der Waals surface area contributed by atoms with Crippen molar-refractivity contribution >= 4 is 5.82 Å². The first-order valence-corrected chi connectivity index (χ1v) is 7.32. The summed E-state index contributed by atoms with van der Waals surface area (Å²) in [6, 6.07) is 6.26. The highest BCUT2D eigenvalue weighted by molar-refractivity contribution is 5.36. The van der Waals surface area contributed by atoms with Crippen LogP contribution in [0, 0.1) is 6.92 Å². The normalized spacial score (nSPS) is 12.3. The molecule has 0 aliphatic carbocycles. The third-order valence-corrected chi connectivity index (χ3v) is 3.24. The van der Waals surface area contributed by atoms with E-state index in [1.54, 1.807) is 4.68 Å². The second kappa shape index (κ2) is 7.03. The van der Waals surface area contributed by atoms with Crippen molar-refractivity contribution in [3.63, 3.8) is 0 Å². The molecule has 1 N–H and O–H groups in total. The van der Waals surface area contributed by atoms with E-state index in [-0.39, 0.29) is 0 Å². The van der Waals surface area contributed by atoms with E-state index in [0.717, 1.165) is 23.8 Å². The average Bonchev–Trinajstić information content (AvgIpc) is 2.86. The highest BCUT2D eigenvalue weighted by Crippen LogP contribution is 2.10. The van der Waals surface area contributed by atoms with E-state index in [2.05, 4.69) is 34.5 Å². The molecule has 20 heavy (non-hydrogen) atoms. The van der Waals surface area contributed by atoms with Gasteiger partial charge in [0.15, 0.2) is 5.82 Å². The van der Waals surface area contributed by atoms with Gasteiger partial charge in [0.1, 0.15) is 5.82 Å².